The summed E-state index contributed by atoms with van der Waals surface area (Å²) in [6, 6.07) is 0. The number of rotatable bonds is 3. The molecule has 1 rings (SSSR count). The average molecular weight is 212 g/mol. The van der Waals surface area contributed by atoms with E-state index in [9.17, 15) is 9.59 Å². The summed E-state index contributed by atoms with van der Waals surface area (Å²) in [6.45, 7) is 3.48. The number of ether oxygens (including phenoxy) is 2. The van der Waals surface area contributed by atoms with Crippen LogP contribution in [-0.4, -0.2) is 25.0 Å². The highest BCUT2D eigenvalue weighted by Gasteiger charge is 2.27. The fourth-order valence-corrected chi connectivity index (χ4v) is 1.29. The first-order chi connectivity index (χ1) is 7.04. The van der Waals surface area contributed by atoms with E-state index in [-0.39, 0.29) is 17.7 Å². The molecule has 1 aliphatic rings. The van der Waals surface area contributed by atoms with Crippen molar-refractivity contribution < 1.29 is 19.1 Å². The summed E-state index contributed by atoms with van der Waals surface area (Å²) in [6.07, 6.45) is 1.93. The van der Waals surface area contributed by atoms with Crippen molar-refractivity contribution in [2.45, 2.75) is 32.8 Å². The largest absolute Gasteiger partial charge is 0.501 e. The van der Waals surface area contributed by atoms with Gasteiger partial charge in [-0.3, -0.25) is 9.59 Å². The van der Waals surface area contributed by atoms with Gasteiger partial charge in [-0.1, -0.05) is 13.8 Å². The molecule has 0 aliphatic heterocycles. The maximum atomic E-state index is 11.5. The molecule has 0 radical (unpaired) electrons. The fourth-order valence-electron chi connectivity index (χ4n) is 1.29. The number of ketones is 1. The molecule has 4 nitrogen and oxygen atoms in total. The molecule has 0 saturated heterocycles. The molecule has 0 heterocycles. The molecule has 0 amide bonds. The molecule has 0 bridgehead atoms. The van der Waals surface area contributed by atoms with E-state index in [1.54, 1.807) is 13.8 Å². The van der Waals surface area contributed by atoms with Crippen LogP contribution in [0.2, 0.25) is 0 Å². The summed E-state index contributed by atoms with van der Waals surface area (Å²) in [5.74, 6) is -0.0721. The smallest absolute Gasteiger partial charge is 0.309 e. The Morgan fingerprint density at radius 3 is 2.67 bits per heavy atom. The minimum atomic E-state index is -0.626. The van der Waals surface area contributed by atoms with Crippen molar-refractivity contribution in [3.8, 4) is 0 Å². The van der Waals surface area contributed by atoms with Crippen LogP contribution in [0.4, 0.5) is 0 Å². The number of esters is 1. The van der Waals surface area contributed by atoms with Gasteiger partial charge < -0.3 is 9.47 Å². The molecule has 0 fully saturated rings. The lowest BCUT2D eigenvalue weighted by molar-refractivity contribution is -0.157. The minimum absolute atomic E-state index is 0.188. The molecule has 0 saturated carbocycles. The Kier molecular flexibility index (Phi) is 3.88. The van der Waals surface area contributed by atoms with Crippen LogP contribution in [0.3, 0.4) is 0 Å². The average Bonchev–Trinajstić information content (AvgIpc) is 2.20. The van der Waals surface area contributed by atoms with E-state index in [0.29, 0.717) is 18.6 Å². The molecule has 0 aromatic rings. The van der Waals surface area contributed by atoms with Gasteiger partial charge in [-0.25, -0.2) is 0 Å². The van der Waals surface area contributed by atoms with E-state index < -0.39 is 6.10 Å². The second-order valence-corrected chi connectivity index (χ2v) is 3.84. The summed E-state index contributed by atoms with van der Waals surface area (Å²) < 4.78 is 10.0. The number of carbonyl (C=O) groups is 2. The molecule has 1 atom stereocenters. The lowest BCUT2D eigenvalue weighted by atomic mass is 10.0. The van der Waals surface area contributed by atoms with Crippen LogP contribution in [0.25, 0.3) is 0 Å². The van der Waals surface area contributed by atoms with Crippen molar-refractivity contribution in [2.75, 3.05) is 7.11 Å². The molecule has 0 aromatic heterocycles. The highest BCUT2D eigenvalue weighted by atomic mass is 16.5. The van der Waals surface area contributed by atoms with Gasteiger partial charge in [0.05, 0.1) is 18.8 Å². The van der Waals surface area contributed by atoms with Crippen molar-refractivity contribution in [1.29, 1.82) is 0 Å². The van der Waals surface area contributed by atoms with Crippen molar-refractivity contribution in [3.05, 3.63) is 11.8 Å². The number of allylic oxidation sites excluding steroid dienone is 1. The van der Waals surface area contributed by atoms with Crippen LogP contribution >= 0.6 is 0 Å². The molecule has 0 aromatic carbocycles. The summed E-state index contributed by atoms with van der Waals surface area (Å²) >= 11 is 0. The molecule has 84 valence electrons. The third-order valence-corrected chi connectivity index (χ3v) is 2.27. The van der Waals surface area contributed by atoms with Crippen LogP contribution in [-0.2, 0) is 19.1 Å². The first-order valence-electron chi connectivity index (χ1n) is 5.03. The van der Waals surface area contributed by atoms with Gasteiger partial charge in [0.15, 0.2) is 11.9 Å². The topological polar surface area (TPSA) is 52.6 Å². The van der Waals surface area contributed by atoms with Gasteiger partial charge in [-0.05, 0) is 6.42 Å². The Balaban J connectivity index is 2.57. The van der Waals surface area contributed by atoms with Gasteiger partial charge in [-0.15, -0.1) is 0 Å². The van der Waals surface area contributed by atoms with Gasteiger partial charge in [0.25, 0.3) is 0 Å². The molecular weight excluding hydrogens is 196 g/mol. The van der Waals surface area contributed by atoms with Gasteiger partial charge in [-0.2, -0.15) is 0 Å². The quantitative estimate of drug-likeness (QED) is 0.664. The first-order valence-corrected chi connectivity index (χ1v) is 5.03. The van der Waals surface area contributed by atoms with E-state index in [1.165, 1.54) is 13.2 Å². The summed E-state index contributed by atoms with van der Waals surface area (Å²) in [7, 11) is 1.53. The molecule has 1 aliphatic carbocycles. The van der Waals surface area contributed by atoms with Gasteiger partial charge in [0.2, 0.25) is 0 Å². The van der Waals surface area contributed by atoms with Crippen molar-refractivity contribution in [1.82, 2.24) is 0 Å². The second kappa shape index (κ2) is 4.96. The lowest BCUT2D eigenvalue weighted by Crippen LogP contribution is -2.30. The Bertz CT molecular complexity index is 291. The number of methoxy groups -OCH3 is 1. The zero-order valence-electron chi connectivity index (χ0n) is 9.28. The summed E-state index contributed by atoms with van der Waals surface area (Å²) in [5.41, 5.74) is 0. The Morgan fingerprint density at radius 1 is 1.53 bits per heavy atom. The predicted molar refractivity (Wildman–Crippen MR) is 54.1 cm³/mol. The van der Waals surface area contributed by atoms with Crippen molar-refractivity contribution in [3.63, 3.8) is 0 Å². The molecule has 15 heavy (non-hydrogen) atoms. The Hall–Kier alpha value is -1.32. The minimum Gasteiger partial charge on any atom is -0.501 e. The predicted octanol–water partition coefficient (Wildman–Crippen LogP) is 1.45. The van der Waals surface area contributed by atoms with Gasteiger partial charge in [0, 0.05) is 12.5 Å². The number of hydrogen-bond donors (Lipinski definition) is 0. The Morgan fingerprint density at radius 2 is 2.20 bits per heavy atom. The Labute approximate surface area is 89.2 Å². The third kappa shape index (κ3) is 3.08. The maximum Gasteiger partial charge on any atom is 0.309 e. The lowest BCUT2D eigenvalue weighted by Gasteiger charge is -2.21. The highest BCUT2D eigenvalue weighted by Crippen LogP contribution is 2.19. The zero-order chi connectivity index (χ0) is 11.4. The second-order valence-electron chi connectivity index (χ2n) is 3.84. The molecule has 1 unspecified atom stereocenters. The van der Waals surface area contributed by atoms with E-state index in [4.69, 9.17) is 9.47 Å². The van der Waals surface area contributed by atoms with E-state index >= 15 is 0 Å². The van der Waals surface area contributed by atoms with E-state index in [2.05, 4.69) is 0 Å². The summed E-state index contributed by atoms with van der Waals surface area (Å²) in [4.78, 5) is 22.8. The molecule has 0 N–H and O–H groups in total. The third-order valence-electron chi connectivity index (χ3n) is 2.27. The first kappa shape index (κ1) is 11.8. The van der Waals surface area contributed by atoms with E-state index in [0.717, 1.165) is 0 Å². The monoisotopic (exact) mass is 212 g/mol. The fraction of sp³-hybridized carbons (Fsp3) is 0.636. The normalized spacial score (nSPS) is 21.2. The van der Waals surface area contributed by atoms with E-state index in [1.807, 2.05) is 0 Å². The number of carbonyl (C=O) groups excluding carboxylic acids is 2. The molecule has 4 heteroatoms. The van der Waals surface area contributed by atoms with Crippen LogP contribution in [0.15, 0.2) is 11.8 Å². The molecule has 0 spiro atoms. The summed E-state index contributed by atoms with van der Waals surface area (Å²) in [5, 5.41) is 0. The molecular formula is C11H16O4. The van der Waals surface area contributed by atoms with Crippen LogP contribution in [0.5, 0.6) is 0 Å². The van der Waals surface area contributed by atoms with Crippen LogP contribution in [0, 0.1) is 5.92 Å². The van der Waals surface area contributed by atoms with Crippen LogP contribution in [0.1, 0.15) is 26.7 Å². The van der Waals surface area contributed by atoms with Gasteiger partial charge >= 0.3 is 5.97 Å². The van der Waals surface area contributed by atoms with Crippen molar-refractivity contribution in [2.24, 2.45) is 5.92 Å². The highest BCUT2D eigenvalue weighted by molar-refractivity contribution is 5.96. The maximum absolute atomic E-state index is 11.5. The number of hydrogen-bond acceptors (Lipinski definition) is 4. The zero-order valence-corrected chi connectivity index (χ0v) is 9.28. The SMILES string of the molecule is COC1=CC(=O)C(OC(=O)C(C)C)CC1. The standard InChI is InChI=1S/C11H16O4/c1-7(2)11(13)15-10-5-4-8(14-3)6-9(10)12/h6-7,10H,4-5H2,1-3H3. The van der Waals surface area contributed by atoms with Crippen LogP contribution < -0.4 is 0 Å². The van der Waals surface area contributed by atoms with Crippen molar-refractivity contribution >= 4 is 11.8 Å². The van der Waals surface area contributed by atoms with Gasteiger partial charge in [0.1, 0.15) is 0 Å².